The van der Waals surface area contributed by atoms with Gasteiger partial charge in [0.1, 0.15) is 0 Å². The molecule has 2 N–H and O–H groups in total. The van der Waals surface area contributed by atoms with Crippen molar-refractivity contribution in [3.05, 3.63) is 10.4 Å². The minimum Gasteiger partial charge on any atom is -0.437 e. The van der Waals surface area contributed by atoms with Gasteiger partial charge in [-0.25, -0.2) is 0 Å². The predicted molar refractivity (Wildman–Crippen MR) is 49.0 cm³/mol. The maximum absolute atomic E-state index is 9.50. The second-order valence-corrected chi connectivity index (χ2v) is 3.26. The largest absolute Gasteiger partial charge is 0.437 e. The van der Waals surface area contributed by atoms with Crippen LogP contribution in [0.2, 0.25) is 6.82 Å². The third-order valence-electron chi connectivity index (χ3n) is 2.31. The number of hydrogen-bond donors (Lipinski definition) is 2. The minimum absolute atomic E-state index is 0.347. The first-order valence-corrected chi connectivity index (χ1v) is 4.29. The Balaban J connectivity index is 2.51. The third-order valence-corrected chi connectivity index (χ3v) is 2.31. The van der Waals surface area contributed by atoms with Crippen LogP contribution in [0.15, 0.2) is 5.11 Å². The fraction of sp³-hybridized carbons (Fsp3) is 1.00. The standard InChI is InChI=1S/C6H13BN4O2/c1-7(13)11-3-2-5(9-10-8)6(12)4-11/h5-6,12-13H,2-4H2,1H3/t5-,6-/m1/s1. The molecule has 1 rings (SSSR count). The number of azide groups is 1. The van der Waals surface area contributed by atoms with E-state index in [9.17, 15) is 10.1 Å². The molecule has 13 heavy (non-hydrogen) atoms. The molecule has 2 atom stereocenters. The van der Waals surface area contributed by atoms with Crippen LogP contribution in [-0.2, 0) is 0 Å². The number of piperidine rings is 1. The zero-order chi connectivity index (χ0) is 9.84. The molecule has 72 valence electrons. The second-order valence-electron chi connectivity index (χ2n) is 3.26. The van der Waals surface area contributed by atoms with E-state index in [1.807, 2.05) is 0 Å². The summed E-state index contributed by atoms with van der Waals surface area (Å²) < 4.78 is 0. The van der Waals surface area contributed by atoms with Crippen molar-refractivity contribution >= 4 is 7.05 Å². The molecule has 0 aliphatic carbocycles. The Kier molecular flexibility index (Phi) is 3.56. The van der Waals surface area contributed by atoms with Crippen LogP contribution < -0.4 is 0 Å². The van der Waals surface area contributed by atoms with Crippen molar-refractivity contribution in [3.63, 3.8) is 0 Å². The first-order chi connectivity index (χ1) is 6.15. The Morgan fingerprint density at radius 3 is 2.85 bits per heavy atom. The molecule has 0 bridgehead atoms. The number of nitrogens with zero attached hydrogens (tertiary/aromatic N) is 4. The van der Waals surface area contributed by atoms with Crippen molar-refractivity contribution in [3.8, 4) is 0 Å². The normalized spacial score (nSPS) is 29.5. The lowest BCUT2D eigenvalue weighted by molar-refractivity contribution is 0.0810. The molecule has 1 aliphatic heterocycles. The number of β-amino-alcohol motifs (C(OH)–C–C–N with tert-alkyl or cyclic N) is 1. The molecule has 1 heterocycles. The zero-order valence-corrected chi connectivity index (χ0v) is 7.54. The molecule has 1 saturated heterocycles. The highest BCUT2D eigenvalue weighted by Gasteiger charge is 2.29. The van der Waals surface area contributed by atoms with Gasteiger partial charge in [0.05, 0.1) is 12.1 Å². The predicted octanol–water partition coefficient (Wildman–Crippen LogP) is -0.158. The van der Waals surface area contributed by atoms with Gasteiger partial charge in [-0.2, -0.15) is 0 Å². The lowest BCUT2D eigenvalue weighted by atomic mass is 9.82. The van der Waals surface area contributed by atoms with E-state index in [0.717, 1.165) is 0 Å². The number of hydrogen-bond acceptors (Lipinski definition) is 4. The van der Waals surface area contributed by atoms with E-state index in [4.69, 9.17) is 5.53 Å². The quantitative estimate of drug-likeness (QED) is 0.270. The van der Waals surface area contributed by atoms with Gasteiger partial charge in [-0.05, 0) is 25.3 Å². The maximum atomic E-state index is 9.50. The summed E-state index contributed by atoms with van der Waals surface area (Å²) in [7, 11) is -0.554. The van der Waals surface area contributed by atoms with Crippen molar-refractivity contribution in [2.75, 3.05) is 13.1 Å². The molecule has 0 saturated carbocycles. The first-order valence-electron chi connectivity index (χ1n) is 4.29. The Morgan fingerprint density at radius 2 is 2.38 bits per heavy atom. The Morgan fingerprint density at radius 1 is 1.69 bits per heavy atom. The monoisotopic (exact) mass is 184 g/mol. The van der Waals surface area contributed by atoms with E-state index in [0.29, 0.717) is 19.5 Å². The molecule has 0 amide bonds. The van der Waals surface area contributed by atoms with Crippen molar-refractivity contribution in [2.45, 2.75) is 25.4 Å². The molecule has 0 aromatic rings. The van der Waals surface area contributed by atoms with Crippen LogP contribution >= 0.6 is 0 Å². The number of rotatable bonds is 2. The molecular weight excluding hydrogens is 171 g/mol. The minimum atomic E-state index is -0.667. The summed E-state index contributed by atoms with van der Waals surface area (Å²) in [6, 6.07) is -0.347. The molecule has 0 aromatic heterocycles. The van der Waals surface area contributed by atoms with Gasteiger partial charge in [0.2, 0.25) is 0 Å². The summed E-state index contributed by atoms with van der Waals surface area (Å²) in [5.41, 5.74) is 8.20. The first kappa shape index (κ1) is 10.3. The number of aliphatic hydroxyl groups excluding tert-OH is 1. The van der Waals surface area contributed by atoms with Gasteiger partial charge in [-0.15, -0.1) is 0 Å². The molecule has 0 unspecified atom stereocenters. The lowest BCUT2D eigenvalue weighted by Gasteiger charge is -2.34. The van der Waals surface area contributed by atoms with Gasteiger partial charge in [-0.3, -0.25) is 0 Å². The highest BCUT2D eigenvalue weighted by molar-refractivity contribution is 6.45. The zero-order valence-electron chi connectivity index (χ0n) is 7.54. The van der Waals surface area contributed by atoms with Gasteiger partial charge >= 0.3 is 7.05 Å². The van der Waals surface area contributed by atoms with E-state index < -0.39 is 13.2 Å². The van der Waals surface area contributed by atoms with E-state index in [-0.39, 0.29) is 6.04 Å². The third kappa shape index (κ3) is 2.60. The molecule has 0 aromatic carbocycles. The molecule has 1 fully saturated rings. The van der Waals surface area contributed by atoms with Crippen LogP contribution in [-0.4, -0.2) is 47.2 Å². The van der Waals surface area contributed by atoms with Crippen LogP contribution in [0.1, 0.15) is 6.42 Å². The van der Waals surface area contributed by atoms with Crippen LogP contribution in [0.4, 0.5) is 0 Å². The molecule has 0 spiro atoms. The van der Waals surface area contributed by atoms with Crippen LogP contribution in [0.25, 0.3) is 10.4 Å². The summed E-state index contributed by atoms with van der Waals surface area (Å²) in [5.74, 6) is 0. The lowest BCUT2D eigenvalue weighted by Crippen LogP contribution is -2.51. The SMILES string of the molecule is CB(O)N1CC[C@@H](N=[N+]=[N-])[C@H](O)C1. The molecule has 6 nitrogen and oxygen atoms in total. The van der Waals surface area contributed by atoms with E-state index >= 15 is 0 Å². The smallest absolute Gasteiger partial charge is 0.376 e. The molecule has 1 aliphatic rings. The molecular formula is C6H13BN4O2. The van der Waals surface area contributed by atoms with Gasteiger partial charge in [-0.1, -0.05) is 5.11 Å². The van der Waals surface area contributed by atoms with Crippen molar-refractivity contribution in [1.29, 1.82) is 0 Å². The van der Waals surface area contributed by atoms with Crippen LogP contribution in [0, 0.1) is 0 Å². The van der Waals surface area contributed by atoms with Crippen molar-refractivity contribution in [1.82, 2.24) is 4.81 Å². The van der Waals surface area contributed by atoms with Gasteiger partial charge in [0, 0.05) is 11.5 Å². The summed E-state index contributed by atoms with van der Waals surface area (Å²) in [6.07, 6.45) is -0.0740. The Hall–Kier alpha value is -0.745. The summed E-state index contributed by atoms with van der Waals surface area (Å²) in [6.45, 7) is 2.67. The topological polar surface area (TPSA) is 92.5 Å². The van der Waals surface area contributed by atoms with Gasteiger partial charge < -0.3 is 14.9 Å². The van der Waals surface area contributed by atoms with Crippen molar-refractivity contribution in [2.24, 2.45) is 5.11 Å². The summed E-state index contributed by atoms with van der Waals surface area (Å²) >= 11 is 0. The Labute approximate surface area is 76.9 Å². The second kappa shape index (κ2) is 4.48. The van der Waals surface area contributed by atoms with Gasteiger partial charge in [0.25, 0.3) is 0 Å². The average molecular weight is 184 g/mol. The molecule has 0 radical (unpaired) electrons. The fourth-order valence-corrected chi connectivity index (χ4v) is 1.48. The summed E-state index contributed by atoms with van der Waals surface area (Å²) in [4.78, 5) is 4.41. The Bertz CT molecular complexity index is 219. The van der Waals surface area contributed by atoms with Gasteiger partial charge in [0.15, 0.2) is 0 Å². The maximum Gasteiger partial charge on any atom is 0.376 e. The highest BCUT2D eigenvalue weighted by atomic mass is 16.3. The average Bonchev–Trinajstić information content (AvgIpc) is 2.08. The summed E-state index contributed by atoms with van der Waals surface area (Å²) in [5, 5.41) is 22.2. The van der Waals surface area contributed by atoms with Crippen molar-refractivity contribution < 1.29 is 10.1 Å². The fourth-order valence-electron chi connectivity index (χ4n) is 1.48. The van der Waals surface area contributed by atoms with E-state index in [1.54, 1.807) is 11.6 Å². The van der Waals surface area contributed by atoms with Crippen LogP contribution in [0.5, 0.6) is 0 Å². The van der Waals surface area contributed by atoms with E-state index in [2.05, 4.69) is 10.0 Å². The molecule has 7 heteroatoms. The highest BCUT2D eigenvalue weighted by Crippen LogP contribution is 2.14. The van der Waals surface area contributed by atoms with Crippen LogP contribution in [0.3, 0.4) is 0 Å². The number of aliphatic hydroxyl groups is 1. The van der Waals surface area contributed by atoms with E-state index in [1.165, 1.54) is 0 Å².